The summed E-state index contributed by atoms with van der Waals surface area (Å²) in [5, 5.41) is 4.75. The number of nitrogens with zero attached hydrogens (tertiary/aromatic N) is 3. The average Bonchev–Trinajstić information content (AvgIpc) is 2.87. The summed E-state index contributed by atoms with van der Waals surface area (Å²) in [6, 6.07) is 8.01. The highest BCUT2D eigenvalue weighted by Crippen LogP contribution is 2.36. The van der Waals surface area contributed by atoms with Gasteiger partial charge in [0, 0.05) is 10.0 Å². The molecule has 1 aromatic carbocycles. The Morgan fingerprint density at radius 1 is 1.18 bits per heavy atom. The lowest BCUT2D eigenvalue weighted by Crippen LogP contribution is -2.41. The van der Waals surface area contributed by atoms with Gasteiger partial charge in [0.05, 0.1) is 13.2 Å². The molecular weight excluding hydrogens is 358 g/mol. The fourth-order valence-corrected chi connectivity index (χ4v) is 3.04. The van der Waals surface area contributed by atoms with Gasteiger partial charge in [0.1, 0.15) is 6.33 Å². The van der Waals surface area contributed by atoms with Crippen molar-refractivity contribution in [1.29, 1.82) is 0 Å². The maximum absolute atomic E-state index is 6.17. The van der Waals surface area contributed by atoms with E-state index in [0.29, 0.717) is 6.61 Å². The second-order valence-corrected chi connectivity index (χ2v) is 12.7. The summed E-state index contributed by atoms with van der Waals surface area (Å²) in [5.41, 5.74) is 1.02. The Balaban J connectivity index is 1.94. The van der Waals surface area contributed by atoms with Crippen LogP contribution in [-0.2, 0) is 11.0 Å². The molecule has 0 amide bonds. The van der Waals surface area contributed by atoms with Crippen LogP contribution in [0.1, 0.15) is 20.8 Å². The molecule has 120 valence electrons. The lowest BCUT2D eigenvalue weighted by Gasteiger charge is -2.36. The van der Waals surface area contributed by atoms with E-state index in [9.17, 15) is 0 Å². The number of benzene rings is 1. The average molecular weight is 382 g/mol. The third-order valence-corrected chi connectivity index (χ3v) is 9.30. The first kappa shape index (κ1) is 17.4. The van der Waals surface area contributed by atoms with Crippen LogP contribution in [0.2, 0.25) is 18.1 Å². The zero-order chi connectivity index (χ0) is 16.4. The van der Waals surface area contributed by atoms with E-state index in [-0.39, 0.29) is 5.04 Å². The predicted octanol–water partition coefficient (Wildman–Crippen LogP) is 4.73. The van der Waals surface area contributed by atoms with Crippen LogP contribution in [-0.4, -0.2) is 29.7 Å². The Labute approximate surface area is 142 Å². The van der Waals surface area contributed by atoms with Crippen molar-refractivity contribution < 1.29 is 4.43 Å². The van der Waals surface area contributed by atoms with Crippen LogP contribution in [0, 0.1) is 0 Å². The van der Waals surface area contributed by atoms with Crippen molar-refractivity contribution in [3.05, 3.63) is 35.1 Å². The molecule has 6 heteroatoms. The molecule has 0 aliphatic rings. The summed E-state index contributed by atoms with van der Waals surface area (Å²) in [7, 11) is -1.69. The standard InChI is InChI=1S/C16H24BrN3OSi/c1-16(2,3)22(4,5)21-11-10-20-12-18-15(19-20)13-6-8-14(17)9-7-13/h6-9,12H,10-11H2,1-5H3. The van der Waals surface area contributed by atoms with Crippen LogP contribution in [0.15, 0.2) is 35.1 Å². The van der Waals surface area contributed by atoms with Crippen LogP contribution < -0.4 is 0 Å². The van der Waals surface area contributed by atoms with Crippen molar-refractivity contribution in [3.8, 4) is 11.4 Å². The van der Waals surface area contributed by atoms with Gasteiger partial charge in [-0.15, -0.1) is 0 Å². The predicted molar refractivity (Wildman–Crippen MR) is 96.3 cm³/mol. The minimum absolute atomic E-state index is 0.234. The molecule has 0 radical (unpaired) electrons. The van der Waals surface area contributed by atoms with Gasteiger partial charge in [-0.1, -0.05) is 48.8 Å². The molecule has 1 aromatic heterocycles. The van der Waals surface area contributed by atoms with Gasteiger partial charge in [-0.2, -0.15) is 5.10 Å². The Morgan fingerprint density at radius 2 is 1.82 bits per heavy atom. The van der Waals surface area contributed by atoms with E-state index in [2.05, 4.69) is 59.9 Å². The van der Waals surface area contributed by atoms with E-state index in [1.54, 1.807) is 6.33 Å². The van der Waals surface area contributed by atoms with Gasteiger partial charge in [-0.25, -0.2) is 4.98 Å². The lowest BCUT2D eigenvalue weighted by molar-refractivity contribution is 0.266. The largest absolute Gasteiger partial charge is 0.415 e. The fourth-order valence-electron chi connectivity index (χ4n) is 1.74. The smallest absolute Gasteiger partial charge is 0.192 e. The number of rotatable bonds is 5. The lowest BCUT2D eigenvalue weighted by atomic mass is 10.2. The minimum Gasteiger partial charge on any atom is -0.415 e. The summed E-state index contributed by atoms with van der Waals surface area (Å²) in [6.07, 6.45) is 1.77. The van der Waals surface area contributed by atoms with Crippen molar-refractivity contribution in [2.75, 3.05) is 6.61 Å². The van der Waals surface area contributed by atoms with Gasteiger partial charge in [0.15, 0.2) is 14.1 Å². The van der Waals surface area contributed by atoms with Crippen molar-refractivity contribution in [2.24, 2.45) is 0 Å². The third kappa shape index (κ3) is 4.27. The van der Waals surface area contributed by atoms with Crippen molar-refractivity contribution in [2.45, 2.75) is 45.4 Å². The highest BCUT2D eigenvalue weighted by molar-refractivity contribution is 9.10. The molecule has 0 bridgehead atoms. The number of aromatic nitrogens is 3. The zero-order valence-electron chi connectivity index (χ0n) is 13.9. The number of hydrogen-bond donors (Lipinski definition) is 0. The van der Waals surface area contributed by atoms with E-state index in [4.69, 9.17) is 4.43 Å². The molecule has 0 fully saturated rings. The molecule has 2 rings (SSSR count). The van der Waals surface area contributed by atoms with Crippen LogP contribution in [0.5, 0.6) is 0 Å². The molecular formula is C16H24BrN3OSi. The van der Waals surface area contributed by atoms with Crippen molar-refractivity contribution >= 4 is 24.2 Å². The summed E-state index contributed by atoms with van der Waals surface area (Å²) < 4.78 is 9.08. The van der Waals surface area contributed by atoms with Crippen LogP contribution in [0.25, 0.3) is 11.4 Å². The molecule has 0 spiro atoms. The molecule has 0 N–H and O–H groups in total. The maximum Gasteiger partial charge on any atom is 0.192 e. The van der Waals surface area contributed by atoms with Gasteiger partial charge >= 0.3 is 0 Å². The molecule has 0 saturated heterocycles. The van der Waals surface area contributed by atoms with Crippen molar-refractivity contribution in [1.82, 2.24) is 14.8 Å². The van der Waals surface area contributed by atoms with E-state index in [1.165, 1.54) is 0 Å². The highest BCUT2D eigenvalue weighted by atomic mass is 79.9. The fraction of sp³-hybridized carbons (Fsp3) is 0.500. The van der Waals surface area contributed by atoms with E-state index in [1.807, 2.05) is 28.9 Å². The molecule has 0 atom stereocenters. The Morgan fingerprint density at radius 3 is 2.41 bits per heavy atom. The Bertz CT molecular complexity index is 617. The topological polar surface area (TPSA) is 39.9 Å². The normalized spacial score (nSPS) is 12.6. The first-order chi connectivity index (χ1) is 10.2. The summed E-state index contributed by atoms with van der Waals surface area (Å²) in [5.74, 6) is 0.750. The van der Waals surface area contributed by atoms with Crippen LogP contribution in [0.3, 0.4) is 0 Å². The molecule has 0 aliphatic heterocycles. The van der Waals surface area contributed by atoms with Gasteiger partial charge in [0.2, 0.25) is 0 Å². The molecule has 0 aliphatic carbocycles. The van der Waals surface area contributed by atoms with E-state index < -0.39 is 8.32 Å². The third-order valence-electron chi connectivity index (χ3n) is 4.23. The van der Waals surface area contributed by atoms with Crippen molar-refractivity contribution in [3.63, 3.8) is 0 Å². The van der Waals surface area contributed by atoms with Crippen LogP contribution >= 0.6 is 15.9 Å². The van der Waals surface area contributed by atoms with E-state index in [0.717, 1.165) is 22.4 Å². The molecule has 1 heterocycles. The first-order valence-corrected chi connectivity index (χ1v) is 11.2. The quantitative estimate of drug-likeness (QED) is 0.702. The van der Waals surface area contributed by atoms with Crippen LogP contribution in [0.4, 0.5) is 0 Å². The highest BCUT2D eigenvalue weighted by Gasteiger charge is 2.36. The molecule has 22 heavy (non-hydrogen) atoms. The van der Waals surface area contributed by atoms with Gasteiger partial charge in [-0.3, -0.25) is 4.68 Å². The minimum atomic E-state index is -1.69. The monoisotopic (exact) mass is 381 g/mol. The second kappa shape index (κ2) is 6.64. The van der Waals surface area contributed by atoms with Gasteiger partial charge in [0.25, 0.3) is 0 Å². The molecule has 4 nitrogen and oxygen atoms in total. The summed E-state index contributed by atoms with van der Waals surface area (Å²) in [6.45, 7) is 12.7. The molecule has 0 unspecified atom stereocenters. The Kier molecular flexibility index (Phi) is 5.24. The maximum atomic E-state index is 6.17. The zero-order valence-corrected chi connectivity index (χ0v) is 16.5. The molecule has 0 saturated carbocycles. The van der Waals surface area contributed by atoms with Gasteiger partial charge in [-0.05, 0) is 30.3 Å². The second-order valence-electron chi connectivity index (χ2n) is 6.95. The van der Waals surface area contributed by atoms with E-state index >= 15 is 0 Å². The first-order valence-electron chi connectivity index (χ1n) is 7.48. The summed E-state index contributed by atoms with van der Waals surface area (Å²) in [4.78, 5) is 4.37. The Hall–Kier alpha value is -0.983. The SMILES string of the molecule is CC(C)(C)[Si](C)(C)OCCn1cnc(-c2ccc(Br)cc2)n1. The number of halogens is 1. The van der Waals surface area contributed by atoms with Gasteiger partial charge < -0.3 is 4.43 Å². The number of hydrogen-bond acceptors (Lipinski definition) is 3. The molecule has 2 aromatic rings. The summed E-state index contributed by atoms with van der Waals surface area (Å²) >= 11 is 3.43.